The fourth-order valence-electron chi connectivity index (χ4n) is 3.25. The molecule has 0 atom stereocenters. The second-order valence-electron chi connectivity index (χ2n) is 6.30. The SMILES string of the molecule is CC(C)N1C(=O)C(c2ccc([N+](=O)[O-])cc2)=C(N2CCCC2)C1=O. The van der Waals surface area contributed by atoms with Crippen molar-refractivity contribution < 1.29 is 14.5 Å². The Morgan fingerprint density at radius 3 is 2.12 bits per heavy atom. The molecule has 0 unspecified atom stereocenters. The van der Waals surface area contributed by atoms with Crippen molar-refractivity contribution >= 4 is 23.1 Å². The molecule has 126 valence electrons. The van der Waals surface area contributed by atoms with Crippen molar-refractivity contribution in [2.75, 3.05) is 13.1 Å². The van der Waals surface area contributed by atoms with Crippen LogP contribution in [-0.2, 0) is 9.59 Å². The number of rotatable bonds is 4. The molecule has 2 aliphatic heterocycles. The van der Waals surface area contributed by atoms with Gasteiger partial charge < -0.3 is 4.90 Å². The molecule has 2 aliphatic rings. The van der Waals surface area contributed by atoms with E-state index in [2.05, 4.69) is 0 Å². The molecule has 0 aliphatic carbocycles. The molecule has 0 radical (unpaired) electrons. The first-order valence-electron chi connectivity index (χ1n) is 8.03. The number of carbonyl (C=O) groups is 2. The summed E-state index contributed by atoms with van der Waals surface area (Å²) in [5.41, 5.74) is 1.29. The largest absolute Gasteiger partial charge is 0.366 e. The van der Waals surface area contributed by atoms with Crippen LogP contribution >= 0.6 is 0 Å². The van der Waals surface area contributed by atoms with E-state index in [1.807, 2.05) is 4.90 Å². The zero-order valence-corrected chi connectivity index (χ0v) is 13.7. The lowest BCUT2D eigenvalue weighted by Crippen LogP contribution is -2.39. The first-order valence-corrected chi connectivity index (χ1v) is 8.03. The molecule has 2 amide bonds. The van der Waals surface area contributed by atoms with Crippen LogP contribution in [0.15, 0.2) is 30.0 Å². The van der Waals surface area contributed by atoms with Gasteiger partial charge in [-0.05, 0) is 44.4 Å². The van der Waals surface area contributed by atoms with E-state index in [0.29, 0.717) is 16.8 Å². The van der Waals surface area contributed by atoms with Gasteiger partial charge in [0.1, 0.15) is 5.70 Å². The highest BCUT2D eigenvalue weighted by atomic mass is 16.6. The maximum Gasteiger partial charge on any atom is 0.278 e. The van der Waals surface area contributed by atoms with Gasteiger partial charge in [0.25, 0.3) is 17.5 Å². The van der Waals surface area contributed by atoms with Gasteiger partial charge in [0.05, 0.1) is 10.5 Å². The number of amides is 2. The fourth-order valence-corrected chi connectivity index (χ4v) is 3.25. The van der Waals surface area contributed by atoms with Gasteiger partial charge in [-0.15, -0.1) is 0 Å². The van der Waals surface area contributed by atoms with Gasteiger partial charge in [-0.25, -0.2) is 0 Å². The molecular weight excluding hydrogens is 310 g/mol. The third kappa shape index (κ3) is 2.55. The number of nitrogens with zero attached hydrogens (tertiary/aromatic N) is 3. The molecule has 1 saturated heterocycles. The number of non-ortho nitro benzene ring substituents is 1. The minimum atomic E-state index is -0.485. The van der Waals surface area contributed by atoms with Crippen LogP contribution in [0, 0.1) is 10.1 Å². The molecule has 0 aromatic heterocycles. The minimum Gasteiger partial charge on any atom is -0.366 e. The monoisotopic (exact) mass is 329 g/mol. The lowest BCUT2D eigenvalue weighted by Gasteiger charge is -2.22. The standard InChI is InChI=1S/C17H19N3O4/c1-11(2)19-16(21)14(12-5-7-13(8-6-12)20(23)24)15(17(19)22)18-9-3-4-10-18/h5-8,11H,3-4,9-10H2,1-2H3. The van der Waals surface area contributed by atoms with Crippen LogP contribution in [0.1, 0.15) is 32.3 Å². The maximum absolute atomic E-state index is 12.8. The van der Waals surface area contributed by atoms with Crippen molar-refractivity contribution in [3.05, 3.63) is 45.6 Å². The smallest absolute Gasteiger partial charge is 0.278 e. The van der Waals surface area contributed by atoms with E-state index in [1.165, 1.54) is 17.0 Å². The average Bonchev–Trinajstić information content (AvgIpc) is 3.13. The first-order chi connectivity index (χ1) is 11.4. The van der Waals surface area contributed by atoms with E-state index in [1.54, 1.807) is 26.0 Å². The van der Waals surface area contributed by atoms with Crippen molar-refractivity contribution in [1.29, 1.82) is 0 Å². The van der Waals surface area contributed by atoms with Crippen molar-refractivity contribution in [2.45, 2.75) is 32.7 Å². The summed E-state index contributed by atoms with van der Waals surface area (Å²) in [7, 11) is 0. The van der Waals surface area contributed by atoms with Crippen molar-refractivity contribution in [3.8, 4) is 0 Å². The predicted octanol–water partition coefficient (Wildman–Crippen LogP) is 2.18. The summed E-state index contributed by atoms with van der Waals surface area (Å²) < 4.78 is 0. The molecule has 3 rings (SSSR count). The Kier molecular flexibility index (Phi) is 4.09. The Hall–Kier alpha value is -2.70. The molecule has 24 heavy (non-hydrogen) atoms. The second kappa shape index (κ2) is 6.07. The van der Waals surface area contributed by atoms with Gasteiger partial charge in [-0.3, -0.25) is 24.6 Å². The van der Waals surface area contributed by atoms with Crippen molar-refractivity contribution in [1.82, 2.24) is 9.80 Å². The quantitative estimate of drug-likeness (QED) is 0.480. The average molecular weight is 329 g/mol. The number of carbonyl (C=O) groups excluding carboxylic acids is 2. The Labute approximate surface area is 139 Å². The van der Waals surface area contributed by atoms with Crippen LogP contribution < -0.4 is 0 Å². The van der Waals surface area contributed by atoms with Crippen LogP contribution in [0.3, 0.4) is 0 Å². The molecule has 7 nitrogen and oxygen atoms in total. The summed E-state index contributed by atoms with van der Waals surface area (Å²) in [4.78, 5) is 39.2. The Balaban J connectivity index is 2.09. The molecule has 1 aromatic carbocycles. The summed E-state index contributed by atoms with van der Waals surface area (Å²) in [6.07, 6.45) is 1.97. The second-order valence-corrected chi connectivity index (χ2v) is 6.30. The van der Waals surface area contributed by atoms with Crippen LogP contribution in [0.25, 0.3) is 5.57 Å². The summed E-state index contributed by atoms with van der Waals surface area (Å²) in [6.45, 7) is 5.10. The number of imide groups is 1. The summed E-state index contributed by atoms with van der Waals surface area (Å²) in [5, 5.41) is 10.8. The molecule has 0 N–H and O–H groups in total. The molecule has 0 bridgehead atoms. The van der Waals surface area contributed by atoms with Gasteiger partial charge in [0, 0.05) is 31.3 Å². The summed E-state index contributed by atoms with van der Waals surface area (Å²) in [5.74, 6) is -0.601. The molecule has 7 heteroatoms. The molecule has 2 heterocycles. The van der Waals surface area contributed by atoms with Crippen LogP contribution in [0.4, 0.5) is 5.69 Å². The predicted molar refractivity (Wildman–Crippen MR) is 87.8 cm³/mol. The normalized spacial score (nSPS) is 18.3. The number of nitro groups is 1. The number of likely N-dealkylation sites (tertiary alicyclic amines) is 1. The topological polar surface area (TPSA) is 83.8 Å². The Morgan fingerprint density at radius 2 is 1.62 bits per heavy atom. The number of hydrogen-bond acceptors (Lipinski definition) is 5. The fraction of sp³-hybridized carbons (Fsp3) is 0.412. The van der Waals surface area contributed by atoms with Gasteiger partial charge >= 0.3 is 0 Å². The zero-order chi connectivity index (χ0) is 17.4. The van der Waals surface area contributed by atoms with Gasteiger partial charge in [-0.2, -0.15) is 0 Å². The van der Waals surface area contributed by atoms with Crippen molar-refractivity contribution in [3.63, 3.8) is 0 Å². The number of nitro benzene ring substituents is 1. The van der Waals surface area contributed by atoms with E-state index in [0.717, 1.165) is 25.9 Å². The van der Waals surface area contributed by atoms with Gasteiger partial charge in [0.2, 0.25) is 0 Å². The van der Waals surface area contributed by atoms with Crippen molar-refractivity contribution in [2.24, 2.45) is 0 Å². The molecule has 0 spiro atoms. The minimum absolute atomic E-state index is 0.0421. The maximum atomic E-state index is 12.8. The van der Waals surface area contributed by atoms with Gasteiger partial charge in [0.15, 0.2) is 0 Å². The molecule has 1 aromatic rings. The third-order valence-electron chi connectivity index (χ3n) is 4.40. The lowest BCUT2D eigenvalue weighted by atomic mass is 10.0. The summed E-state index contributed by atoms with van der Waals surface area (Å²) >= 11 is 0. The van der Waals surface area contributed by atoms with E-state index in [-0.39, 0.29) is 23.5 Å². The molecule has 0 saturated carbocycles. The highest BCUT2D eigenvalue weighted by Crippen LogP contribution is 2.34. The van der Waals surface area contributed by atoms with E-state index in [9.17, 15) is 19.7 Å². The summed E-state index contributed by atoms with van der Waals surface area (Å²) in [6, 6.07) is 5.56. The lowest BCUT2D eigenvalue weighted by molar-refractivity contribution is -0.384. The number of benzene rings is 1. The van der Waals surface area contributed by atoms with Crippen LogP contribution in [0.2, 0.25) is 0 Å². The van der Waals surface area contributed by atoms with Crippen LogP contribution in [-0.4, -0.2) is 45.7 Å². The number of hydrogen-bond donors (Lipinski definition) is 0. The third-order valence-corrected chi connectivity index (χ3v) is 4.40. The molecular formula is C17H19N3O4. The van der Waals surface area contributed by atoms with Crippen LogP contribution in [0.5, 0.6) is 0 Å². The Morgan fingerprint density at radius 1 is 1.04 bits per heavy atom. The van der Waals surface area contributed by atoms with Gasteiger partial charge in [-0.1, -0.05) is 0 Å². The zero-order valence-electron chi connectivity index (χ0n) is 13.7. The first kappa shape index (κ1) is 16.2. The molecule has 1 fully saturated rings. The highest BCUT2D eigenvalue weighted by molar-refractivity contribution is 6.35. The van der Waals surface area contributed by atoms with E-state index < -0.39 is 4.92 Å². The van der Waals surface area contributed by atoms with E-state index in [4.69, 9.17) is 0 Å². The Bertz CT molecular complexity index is 731. The van der Waals surface area contributed by atoms with E-state index >= 15 is 0 Å². The highest BCUT2D eigenvalue weighted by Gasteiger charge is 2.43.